The Morgan fingerprint density at radius 1 is 1.21 bits per heavy atom. The molecular formula is C13H18ClF3N2. The summed E-state index contributed by atoms with van der Waals surface area (Å²) in [7, 11) is 3.81. The van der Waals surface area contributed by atoms with Gasteiger partial charge >= 0.3 is 6.18 Å². The first-order valence-electron chi connectivity index (χ1n) is 5.91. The second-order valence-corrected chi connectivity index (χ2v) is 5.37. The summed E-state index contributed by atoms with van der Waals surface area (Å²) in [6.45, 7) is 0.684. The number of rotatable bonds is 5. The second-order valence-electron chi connectivity index (χ2n) is 4.85. The van der Waals surface area contributed by atoms with Crippen LogP contribution in [0.2, 0.25) is 0 Å². The van der Waals surface area contributed by atoms with Gasteiger partial charge in [-0.2, -0.15) is 13.2 Å². The lowest BCUT2D eigenvalue weighted by Crippen LogP contribution is -2.33. The first-order valence-corrected chi connectivity index (χ1v) is 6.35. The third-order valence-corrected chi connectivity index (χ3v) is 3.14. The number of halogens is 4. The molecule has 0 aromatic heterocycles. The Labute approximate surface area is 116 Å². The van der Waals surface area contributed by atoms with Crippen molar-refractivity contribution in [2.75, 3.05) is 20.6 Å². The van der Waals surface area contributed by atoms with Crippen LogP contribution in [0.1, 0.15) is 22.9 Å². The molecule has 2 unspecified atom stereocenters. The zero-order valence-electron chi connectivity index (χ0n) is 10.9. The molecule has 1 rings (SSSR count). The average molecular weight is 295 g/mol. The molecule has 2 atom stereocenters. The lowest BCUT2D eigenvalue weighted by molar-refractivity contribution is -0.137. The lowest BCUT2D eigenvalue weighted by atomic mass is 10.0. The summed E-state index contributed by atoms with van der Waals surface area (Å²) in [4.78, 5) is 1.95. The average Bonchev–Trinajstić information content (AvgIpc) is 2.26. The maximum Gasteiger partial charge on any atom is 0.416 e. The van der Waals surface area contributed by atoms with Gasteiger partial charge in [-0.15, -0.1) is 11.6 Å². The minimum absolute atomic E-state index is 0.111. The van der Waals surface area contributed by atoms with E-state index >= 15 is 0 Å². The van der Waals surface area contributed by atoms with Gasteiger partial charge in [0.25, 0.3) is 0 Å². The molecule has 2 N–H and O–H groups in total. The molecule has 0 aliphatic rings. The van der Waals surface area contributed by atoms with Crippen LogP contribution in [0.4, 0.5) is 13.2 Å². The number of hydrogen-bond acceptors (Lipinski definition) is 2. The molecule has 0 aliphatic heterocycles. The van der Waals surface area contributed by atoms with E-state index in [1.165, 1.54) is 12.1 Å². The molecule has 1 aromatic carbocycles. The Kier molecular flexibility index (Phi) is 5.64. The molecule has 1 aromatic rings. The highest BCUT2D eigenvalue weighted by Gasteiger charge is 2.30. The summed E-state index contributed by atoms with van der Waals surface area (Å²) in [6.07, 6.45) is -3.80. The van der Waals surface area contributed by atoms with Crippen molar-refractivity contribution < 1.29 is 13.2 Å². The van der Waals surface area contributed by atoms with E-state index in [1.807, 2.05) is 19.0 Å². The summed E-state index contributed by atoms with van der Waals surface area (Å²) >= 11 is 6.17. The van der Waals surface area contributed by atoms with Gasteiger partial charge in [0.05, 0.1) is 10.9 Å². The molecule has 0 amide bonds. The van der Waals surface area contributed by atoms with Crippen molar-refractivity contribution in [1.82, 2.24) is 4.90 Å². The maximum absolute atomic E-state index is 12.4. The Hall–Kier alpha value is -0.780. The van der Waals surface area contributed by atoms with Gasteiger partial charge in [-0.1, -0.05) is 12.1 Å². The van der Waals surface area contributed by atoms with Crippen molar-refractivity contribution in [2.24, 2.45) is 5.73 Å². The van der Waals surface area contributed by atoms with Crippen LogP contribution in [0.3, 0.4) is 0 Å². The topological polar surface area (TPSA) is 29.3 Å². The van der Waals surface area contributed by atoms with Gasteiger partial charge < -0.3 is 10.6 Å². The van der Waals surface area contributed by atoms with Gasteiger partial charge in [-0.3, -0.25) is 0 Å². The third kappa shape index (κ3) is 5.38. The molecule has 0 saturated carbocycles. The Balaban J connectivity index is 2.65. The van der Waals surface area contributed by atoms with Crippen molar-refractivity contribution >= 4 is 11.6 Å². The van der Waals surface area contributed by atoms with Crippen LogP contribution in [0.15, 0.2) is 24.3 Å². The molecule has 0 bridgehead atoms. The van der Waals surface area contributed by atoms with Crippen LogP contribution in [-0.4, -0.2) is 31.6 Å². The van der Waals surface area contributed by atoms with E-state index in [4.69, 9.17) is 17.3 Å². The van der Waals surface area contributed by atoms with E-state index in [1.54, 1.807) is 0 Å². The summed E-state index contributed by atoms with van der Waals surface area (Å²) in [5.74, 6) is 0. The van der Waals surface area contributed by atoms with Crippen LogP contribution in [-0.2, 0) is 6.18 Å². The van der Waals surface area contributed by atoms with Crippen molar-refractivity contribution in [1.29, 1.82) is 0 Å². The molecule has 0 spiro atoms. The zero-order chi connectivity index (χ0) is 14.6. The highest BCUT2D eigenvalue weighted by Crippen LogP contribution is 2.32. The van der Waals surface area contributed by atoms with Crippen molar-refractivity contribution in [3.63, 3.8) is 0 Å². The number of nitrogens with zero attached hydrogens (tertiary/aromatic N) is 1. The number of benzene rings is 1. The minimum atomic E-state index is -4.32. The van der Waals surface area contributed by atoms with Crippen LogP contribution in [0.25, 0.3) is 0 Å². The van der Waals surface area contributed by atoms with Crippen molar-refractivity contribution in [2.45, 2.75) is 24.0 Å². The molecule has 0 aliphatic carbocycles. The Morgan fingerprint density at radius 2 is 1.74 bits per heavy atom. The molecule has 0 radical (unpaired) electrons. The highest BCUT2D eigenvalue weighted by atomic mass is 35.5. The second kappa shape index (κ2) is 6.59. The smallest absolute Gasteiger partial charge is 0.326 e. The van der Waals surface area contributed by atoms with Gasteiger partial charge in [0, 0.05) is 12.6 Å². The number of nitrogens with two attached hydrogens (primary N) is 1. The predicted molar refractivity (Wildman–Crippen MR) is 71.2 cm³/mol. The quantitative estimate of drug-likeness (QED) is 0.845. The van der Waals surface area contributed by atoms with E-state index in [9.17, 15) is 13.2 Å². The first-order chi connectivity index (χ1) is 8.70. The monoisotopic (exact) mass is 294 g/mol. The van der Waals surface area contributed by atoms with Crippen LogP contribution < -0.4 is 5.73 Å². The summed E-state index contributed by atoms with van der Waals surface area (Å²) < 4.78 is 37.2. The predicted octanol–water partition coefficient (Wildman–Crippen LogP) is 3.26. The zero-order valence-corrected chi connectivity index (χ0v) is 11.7. The molecule has 19 heavy (non-hydrogen) atoms. The van der Waals surface area contributed by atoms with Gasteiger partial charge in [0.15, 0.2) is 0 Å². The standard InChI is InChI=1S/C13H18ClF3N2/c1-19(2)8-11(18)7-12(14)9-3-5-10(6-4-9)13(15,16)17/h3-6,11-12H,7-8,18H2,1-2H3. The van der Waals surface area contributed by atoms with Crippen LogP contribution in [0, 0.1) is 0 Å². The van der Waals surface area contributed by atoms with Gasteiger partial charge in [0.2, 0.25) is 0 Å². The number of likely N-dealkylation sites (N-methyl/N-ethyl adjacent to an activating group) is 1. The highest BCUT2D eigenvalue weighted by molar-refractivity contribution is 6.20. The molecule has 0 saturated heterocycles. The Bertz CT molecular complexity index is 390. The summed E-state index contributed by atoms with van der Waals surface area (Å²) in [5.41, 5.74) is 5.89. The minimum Gasteiger partial charge on any atom is -0.326 e. The number of alkyl halides is 4. The first kappa shape index (κ1) is 16.3. The van der Waals surface area contributed by atoms with E-state index in [2.05, 4.69) is 0 Å². The van der Waals surface area contributed by atoms with Gasteiger partial charge in [-0.25, -0.2) is 0 Å². The molecule has 6 heteroatoms. The lowest BCUT2D eigenvalue weighted by Gasteiger charge is -2.20. The van der Waals surface area contributed by atoms with Gasteiger partial charge in [0.1, 0.15) is 0 Å². The van der Waals surface area contributed by atoms with Gasteiger partial charge in [-0.05, 0) is 38.2 Å². The van der Waals surface area contributed by atoms with E-state index in [0.29, 0.717) is 18.5 Å². The third-order valence-electron chi connectivity index (χ3n) is 2.71. The maximum atomic E-state index is 12.4. The van der Waals surface area contributed by atoms with Crippen LogP contribution >= 0.6 is 11.6 Å². The van der Waals surface area contributed by atoms with Crippen molar-refractivity contribution in [3.05, 3.63) is 35.4 Å². The Morgan fingerprint density at radius 3 is 2.16 bits per heavy atom. The normalized spacial score (nSPS) is 15.6. The van der Waals surface area contributed by atoms with E-state index in [0.717, 1.165) is 12.1 Å². The fourth-order valence-electron chi connectivity index (χ4n) is 1.83. The fourth-order valence-corrected chi connectivity index (χ4v) is 2.20. The van der Waals surface area contributed by atoms with Crippen LogP contribution in [0.5, 0.6) is 0 Å². The largest absolute Gasteiger partial charge is 0.416 e. The van der Waals surface area contributed by atoms with Crippen molar-refractivity contribution in [3.8, 4) is 0 Å². The van der Waals surface area contributed by atoms with E-state index in [-0.39, 0.29) is 11.4 Å². The SMILES string of the molecule is CN(C)CC(N)CC(Cl)c1ccc(C(F)(F)F)cc1. The van der Waals surface area contributed by atoms with E-state index < -0.39 is 11.7 Å². The molecule has 0 heterocycles. The summed E-state index contributed by atoms with van der Waals surface area (Å²) in [5, 5.41) is -0.378. The fraction of sp³-hybridized carbons (Fsp3) is 0.538. The molecular weight excluding hydrogens is 277 g/mol. The summed E-state index contributed by atoms with van der Waals surface area (Å²) in [6, 6.07) is 4.79. The number of hydrogen-bond donors (Lipinski definition) is 1. The molecule has 0 fully saturated rings. The molecule has 108 valence electrons. The molecule has 2 nitrogen and oxygen atoms in total.